The Hall–Kier alpha value is -0.710. The van der Waals surface area contributed by atoms with Crippen LogP contribution in [-0.4, -0.2) is 32.0 Å². The molecule has 4 heteroatoms. The maximum atomic E-state index is 5.76. The van der Waals surface area contributed by atoms with Crippen LogP contribution in [0.25, 0.3) is 0 Å². The van der Waals surface area contributed by atoms with Gasteiger partial charge < -0.3 is 15.4 Å². The molecule has 0 aliphatic carbocycles. The number of hydrogen-bond donors (Lipinski definition) is 2. The summed E-state index contributed by atoms with van der Waals surface area (Å²) < 4.78 is 5.76. The molecular weight excluding hydrogens is 220 g/mol. The van der Waals surface area contributed by atoms with Crippen LogP contribution in [-0.2, 0) is 4.74 Å². The van der Waals surface area contributed by atoms with Crippen molar-refractivity contribution in [2.75, 3.05) is 37.3 Å². The van der Waals surface area contributed by atoms with Crippen molar-refractivity contribution >= 4 is 17.4 Å². The number of fused-ring (bicyclic) bond motifs is 1. The molecule has 1 aromatic carbocycles. The average Bonchev–Trinajstić information content (AvgIpc) is 2.39. The number of hydrogen-bond acceptors (Lipinski definition) is 4. The molecule has 0 amide bonds. The Labute approximate surface area is 99.9 Å². The summed E-state index contributed by atoms with van der Waals surface area (Å²) in [5.74, 6) is 1.15. The Bertz CT molecular complexity index is 377. The van der Waals surface area contributed by atoms with E-state index in [-0.39, 0.29) is 6.10 Å². The molecule has 3 nitrogen and oxygen atoms in total. The minimum Gasteiger partial charge on any atom is -0.383 e. The van der Waals surface area contributed by atoms with E-state index in [0.717, 1.165) is 32.0 Å². The van der Waals surface area contributed by atoms with Crippen molar-refractivity contribution < 1.29 is 4.74 Å². The van der Waals surface area contributed by atoms with E-state index >= 15 is 0 Å². The van der Waals surface area contributed by atoms with Gasteiger partial charge in [0.25, 0.3) is 0 Å². The first kappa shape index (κ1) is 10.4. The van der Waals surface area contributed by atoms with Gasteiger partial charge in [0.15, 0.2) is 0 Å². The summed E-state index contributed by atoms with van der Waals surface area (Å²) in [7, 11) is 0. The van der Waals surface area contributed by atoms with Crippen molar-refractivity contribution in [3.8, 4) is 0 Å². The molecule has 3 rings (SSSR count). The van der Waals surface area contributed by atoms with Crippen molar-refractivity contribution in [2.24, 2.45) is 0 Å². The van der Waals surface area contributed by atoms with Gasteiger partial charge in [0, 0.05) is 36.0 Å². The van der Waals surface area contributed by atoms with Crippen LogP contribution in [0.5, 0.6) is 0 Å². The van der Waals surface area contributed by atoms with E-state index in [1.54, 1.807) is 0 Å². The lowest BCUT2D eigenvalue weighted by Crippen LogP contribution is -2.33. The van der Waals surface area contributed by atoms with Crippen LogP contribution in [0.4, 0.5) is 5.69 Å². The number of morpholine rings is 1. The SMILES string of the molecule is c1cc2c(cc1C1CNCCO1)SCCN2. The predicted molar refractivity (Wildman–Crippen MR) is 67.2 cm³/mol. The average molecular weight is 236 g/mol. The summed E-state index contributed by atoms with van der Waals surface area (Å²) >= 11 is 1.93. The smallest absolute Gasteiger partial charge is 0.0950 e. The molecular formula is C12H16N2OS. The lowest BCUT2D eigenvalue weighted by molar-refractivity contribution is 0.0276. The Morgan fingerprint density at radius 2 is 2.31 bits per heavy atom. The van der Waals surface area contributed by atoms with Gasteiger partial charge in [-0.05, 0) is 17.7 Å². The fraction of sp³-hybridized carbons (Fsp3) is 0.500. The Kier molecular flexibility index (Phi) is 3.04. The minimum atomic E-state index is 0.224. The number of thioether (sulfide) groups is 1. The highest BCUT2D eigenvalue weighted by Gasteiger charge is 2.18. The highest BCUT2D eigenvalue weighted by atomic mass is 32.2. The van der Waals surface area contributed by atoms with Gasteiger partial charge in [-0.2, -0.15) is 0 Å². The molecule has 1 unspecified atom stereocenters. The third kappa shape index (κ3) is 2.05. The topological polar surface area (TPSA) is 33.3 Å². The standard InChI is InChI=1S/C12H16N2OS/c1-2-10-12(16-6-4-14-10)7-9(1)11-8-13-3-5-15-11/h1-2,7,11,13-14H,3-6,8H2. The van der Waals surface area contributed by atoms with Crippen molar-refractivity contribution in [1.29, 1.82) is 0 Å². The predicted octanol–water partition coefficient (Wildman–Crippen LogP) is 1.87. The maximum Gasteiger partial charge on any atom is 0.0950 e. The zero-order chi connectivity index (χ0) is 10.8. The zero-order valence-corrected chi connectivity index (χ0v) is 9.98. The molecule has 2 aliphatic rings. The van der Waals surface area contributed by atoms with Crippen LogP contribution >= 0.6 is 11.8 Å². The molecule has 86 valence electrons. The lowest BCUT2D eigenvalue weighted by atomic mass is 10.1. The first-order chi connectivity index (χ1) is 7.93. The number of anilines is 1. The van der Waals surface area contributed by atoms with E-state index < -0.39 is 0 Å². The number of ether oxygens (including phenoxy) is 1. The molecule has 0 saturated carbocycles. The fourth-order valence-electron chi connectivity index (χ4n) is 2.13. The van der Waals surface area contributed by atoms with Gasteiger partial charge in [0.1, 0.15) is 0 Å². The largest absolute Gasteiger partial charge is 0.383 e. The molecule has 1 aromatic rings. The monoisotopic (exact) mass is 236 g/mol. The van der Waals surface area contributed by atoms with Crippen LogP contribution < -0.4 is 10.6 Å². The van der Waals surface area contributed by atoms with Gasteiger partial charge in [0.05, 0.1) is 12.7 Å². The second-order valence-electron chi connectivity index (χ2n) is 4.09. The highest BCUT2D eigenvalue weighted by Crippen LogP contribution is 2.33. The minimum absolute atomic E-state index is 0.224. The number of rotatable bonds is 1. The summed E-state index contributed by atoms with van der Waals surface area (Å²) in [6.07, 6.45) is 0.224. The van der Waals surface area contributed by atoms with Crippen LogP contribution in [0.1, 0.15) is 11.7 Å². The Morgan fingerprint density at radius 3 is 3.19 bits per heavy atom. The maximum absolute atomic E-state index is 5.76. The van der Waals surface area contributed by atoms with Crippen LogP contribution in [0.15, 0.2) is 23.1 Å². The van der Waals surface area contributed by atoms with Crippen molar-refractivity contribution in [3.63, 3.8) is 0 Å². The summed E-state index contributed by atoms with van der Waals surface area (Å²) in [6.45, 7) is 3.78. The van der Waals surface area contributed by atoms with Crippen molar-refractivity contribution in [3.05, 3.63) is 23.8 Å². The molecule has 16 heavy (non-hydrogen) atoms. The number of benzene rings is 1. The van der Waals surface area contributed by atoms with Gasteiger partial charge in [-0.25, -0.2) is 0 Å². The first-order valence-electron chi connectivity index (χ1n) is 5.76. The lowest BCUT2D eigenvalue weighted by Gasteiger charge is -2.25. The van der Waals surface area contributed by atoms with Gasteiger partial charge in [-0.3, -0.25) is 0 Å². The molecule has 0 aromatic heterocycles. The normalized spacial score (nSPS) is 24.6. The molecule has 0 spiro atoms. The van der Waals surface area contributed by atoms with Crippen LogP contribution in [0.3, 0.4) is 0 Å². The first-order valence-corrected chi connectivity index (χ1v) is 6.75. The summed E-state index contributed by atoms with van der Waals surface area (Å²) in [5, 5.41) is 6.78. The Balaban J connectivity index is 1.84. The summed E-state index contributed by atoms with van der Waals surface area (Å²) in [4.78, 5) is 1.36. The van der Waals surface area contributed by atoms with Gasteiger partial charge in [-0.1, -0.05) is 6.07 Å². The molecule has 0 radical (unpaired) electrons. The molecule has 1 atom stereocenters. The van der Waals surface area contributed by atoms with Gasteiger partial charge >= 0.3 is 0 Å². The van der Waals surface area contributed by atoms with Crippen molar-refractivity contribution in [2.45, 2.75) is 11.0 Å². The quantitative estimate of drug-likeness (QED) is 0.780. The molecule has 1 fully saturated rings. The van der Waals surface area contributed by atoms with Gasteiger partial charge in [0.2, 0.25) is 0 Å². The summed E-state index contributed by atoms with van der Waals surface area (Å²) in [6, 6.07) is 6.62. The second-order valence-corrected chi connectivity index (χ2v) is 5.23. The van der Waals surface area contributed by atoms with Gasteiger partial charge in [-0.15, -0.1) is 11.8 Å². The van der Waals surface area contributed by atoms with E-state index in [1.165, 1.54) is 16.1 Å². The molecule has 2 heterocycles. The molecule has 2 N–H and O–H groups in total. The van der Waals surface area contributed by atoms with Crippen LogP contribution in [0, 0.1) is 0 Å². The van der Waals surface area contributed by atoms with Crippen molar-refractivity contribution in [1.82, 2.24) is 5.32 Å². The van der Waals surface area contributed by atoms with E-state index in [4.69, 9.17) is 4.74 Å². The highest BCUT2D eigenvalue weighted by molar-refractivity contribution is 7.99. The molecule has 0 bridgehead atoms. The van der Waals surface area contributed by atoms with E-state index in [2.05, 4.69) is 28.8 Å². The third-order valence-electron chi connectivity index (χ3n) is 2.98. The molecule has 1 saturated heterocycles. The fourth-order valence-corrected chi connectivity index (χ4v) is 3.07. The van der Waals surface area contributed by atoms with Crippen LogP contribution in [0.2, 0.25) is 0 Å². The third-order valence-corrected chi connectivity index (χ3v) is 4.04. The van der Waals surface area contributed by atoms with E-state index in [1.807, 2.05) is 11.8 Å². The van der Waals surface area contributed by atoms with E-state index in [9.17, 15) is 0 Å². The Morgan fingerprint density at radius 1 is 1.31 bits per heavy atom. The van der Waals surface area contributed by atoms with E-state index in [0.29, 0.717) is 0 Å². The molecule has 2 aliphatic heterocycles. The second kappa shape index (κ2) is 4.65. The number of nitrogens with one attached hydrogen (secondary N) is 2. The zero-order valence-electron chi connectivity index (χ0n) is 9.16. The summed E-state index contributed by atoms with van der Waals surface area (Å²) in [5.41, 5.74) is 2.56.